The first-order valence-electron chi connectivity index (χ1n) is 4.78. The molecule has 4 nitrogen and oxygen atoms in total. The molecule has 0 bridgehead atoms. The Balaban J connectivity index is 2.19. The van der Waals surface area contributed by atoms with Crippen LogP contribution in [0.2, 0.25) is 5.02 Å². The van der Waals surface area contributed by atoms with E-state index in [-0.39, 0.29) is 5.95 Å². The Morgan fingerprint density at radius 2 is 2.35 bits per heavy atom. The van der Waals surface area contributed by atoms with Crippen LogP contribution >= 0.6 is 38.9 Å². The quantitative estimate of drug-likeness (QED) is 0.937. The molecular formula is C10H10BrClN4S. The minimum atomic E-state index is 0.226. The average Bonchev–Trinajstić information content (AvgIpc) is 2.67. The van der Waals surface area contributed by atoms with Gasteiger partial charge in [0.25, 0.3) is 0 Å². The zero-order chi connectivity index (χ0) is 12.4. The number of thiophene rings is 1. The highest BCUT2D eigenvalue weighted by Crippen LogP contribution is 2.26. The summed E-state index contributed by atoms with van der Waals surface area (Å²) >= 11 is 11.1. The summed E-state index contributed by atoms with van der Waals surface area (Å²) < 4.78 is 1.08. The van der Waals surface area contributed by atoms with Crippen molar-refractivity contribution in [3.8, 4) is 0 Å². The van der Waals surface area contributed by atoms with Crippen LogP contribution in [0, 0.1) is 0 Å². The molecule has 2 aromatic rings. The SMILES string of the molecule is CN(Cc1cc(Br)cs1)c1nc(N)ncc1Cl. The van der Waals surface area contributed by atoms with Gasteiger partial charge in [-0.2, -0.15) is 4.98 Å². The Labute approximate surface area is 117 Å². The largest absolute Gasteiger partial charge is 0.368 e. The molecule has 0 radical (unpaired) electrons. The molecular weight excluding hydrogens is 324 g/mol. The van der Waals surface area contributed by atoms with Crippen LogP contribution in [-0.4, -0.2) is 17.0 Å². The minimum Gasteiger partial charge on any atom is -0.368 e. The van der Waals surface area contributed by atoms with E-state index in [1.165, 1.54) is 11.1 Å². The van der Waals surface area contributed by atoms with E-state index in [0.29, 0.717) is 10.8 Å². The summed E-state index contributed by atoms with van der Waals surface area (Å²) in [6.07, 6.45) is 1.51. The van der Waals surface area contributed by atoms with Gasteiger partial charge in [-0.25, -0.2) is 4.98 Å². The lowest BCUT2D eigenvalue weighted by atomic mass is 10.4. The number of halogens is 2. The summed E-state index contributed by atoms with van der Waals surface area (Å²) in [5.41, 5.74) is 5.55. The zero-order valence-electron chi connectivity index (χ0n) is 9.02. The Morgan fingerprint density at radius 3 is 3.00 bits per heavy atom. The average molecular weight is 334 g/mol. The van der Waals surface area contributed by atoms with Crippen molar-refractivity contribution in [3.05, 3.63) is 32.0 Å². The van der Waals surface area contributed by atoms with E-state index in [1.54, 1.807) is 11.3 Å². The molecule has 0 aromatic carbocycles. The maximum absolute atomic E-state index is 6.03. The molecule has 0 saturated heterocycles. The van der Waals surface area contributed by atoms with Crippen LogP contribution in [0.1, 0.15) is 4.88 Å². The molecule has 0 amide bonds. The van der Waals surface area contributed by atoms with E-state index < -0.39 is 0 Å². The van der Waals surface area contributed by atoms with Crippen molar-refractivity contribution >= 4 is 50.6 Å². The first-order chi connectivity index (χ1) is 8.06. The minimum absolute atomic E-state index is 0.226. The molecule has 0 unspecified atom stereocenters. The van der Waals surface area contributed by atoms with Gasteiger partial charge in [0.15, 0.2) is 5.82 Å². The fourth-order valence-corrected chi connectivity index (χ4v) is 3.12. The molecule has 2 heterocycles. The molecule has 7 heteroatoms. The number of anilines is 2. The highest BCUT2D eigenvalue weighted by atomic mass is 79.9. The van der Waals surface area contributed by atoms with Crippen LogP contribution in [-0.2, 0) is 6.54 Å². The number of nitrogens with zero attached hydrogens (tertiary/aromatic N) is 3. The van der Waals surface area contributed by atoms with Crippen molar-refractivity contribution in [3.63, 3.8) is 0 Å². The van der Waals surface area contributed by atoms with Gasteiger partial charge in [0.1, 0.15) is 5.02 Å². The van der Waals surface area contributed by atoms with Crippen molar-refractivity contribution in [2.75, 3.05) is 17.7 Å². The lowest BCUT2D eigenvalue weighted by Crippen LogP contribution is -2.18. The van der Waals surface area contributed by atoms with Crippen LogP contribution in [0.3, 0.4) is 0 Å². The standard InChI is InChI=1S/C10H10BrClN4S/c1-16(4-7-2-6(11)5-17-7)9-8(12)3-14-10(13)15-9/h2-3,5H,4H2,1H3,(H2,13,14,15). The third-order valence-electron chi connectivity index (χ3n) is 2.12. The fourth-order valence-electron chi connectivity index (χ4n) is 1.38. The first kappa shape index (κ1) is 12.6. The van der Waals surface area contributed by atoms with Crippen LogP contribution in [0.15, 0.2) is 22.1 Å². The van der Waals surface area contributed by atoms with Crippen LogP contribution < -0.4 is 10.6 Å². The maximum Gasteiger partial charge on any atom is 0.222 e. The van der Waals surface area contributed by atoms with Crippen molar-refractivity contribution in [1.82, 2.24) is 9.97 Å². The molecule has 0 aliphatic heterocycles. The molecule has 2 aromatic heterocycles. The van der Waals surface area contributed by atoms with E-state index in [2.05, 4.69) is 32.0 Å². The molecule has 2 rings (SSSR count). The second-order valence-corrected chi connectivity index (χ2v) is 5.81. The number of nitrogens with two attached hydrogens (primary N) is 1. The normalized spacial score (nSPS) is 10.5. The molecule has 90 valence electrons. The van der Waals surface area contributed by atoms with E-state index in [4.69, 9.17) is 17.3 Å². The van der Waals surface area contributed by atoms with Crippen LogP contribution in [0.5, 0.6) is 0 Å². The van der Waals surface area contributed by atoms with Gasteiger partial charge in [0.05, 0.1) is 12.7 Å². The Hall–Kier alpha value is -0.850. The summed E-state index contributed by atoms with van der Waals surface area (Å²) in [4.78, 5) is 11.1. The molecule has 2 N–H and O–H groups in total. The third-order valence-corrected chi connectivity index (χ3v) is 4.07. The molecule has 0 fully saturated rings. The van der Waals surface area contributed by atoms with Gasteiger partial charge in [-0.1, -0.05) is 11.6 Å². The zero-order valence-corrected chi connectivity index (χ0v) is 12.2. The second kappa shape index (κ2) is 5.20. The van der Waals surface area contributed by atoms with E-state index in [9.17, 15) is 0 Å². The molecule has 0 saturated carbocycles. The van der Waals surface area contributed by atoms with Gasteiger partial charge in [-0.3, -0.25) is 0 Å². The number of hydrogen-bond acceptors (Lipinski definition) is 5. The smallest absolute Gasteiger partial charge is 0.222 e. The first-order valence-corrected chi connectivity index (χ1v) is 6.83. The molecule has 17 heavy (non-hydrogen) atoms. The van der Waals surface area contributed by atoms with Crippen molar-refractivity contribution < 1.29 is 0 Å². The van der Waals surface area contributed by atoms with Gasteiger partial charge < -0.3 is 10.6 Å². The summed E-state index contributed by atoms with van der Waals surface area (Å²) in [5, 5.41) is 2.54. The fraction of sp³-hybridized carbons (Fsp3) is 0.200. The summed E-state index contributed by atoms with van der Waals surface area (Å²) in [5.74, 6) is 0.868. The number of nitrogen functional groups attached to an aromatic ring is 1. The summed E-state index contributed by atoms with van der Waals surface area (Å²) in [7, 11) is 1.92. The Bertz CT molecular complexity index is 531. The highest BCUT2D eigenvalue weighted by molar-refractivity contribution is 9.10. The molecule has 0 aliphatic rings. The maximum atomic E-state index is 6.03. The monoisotopic (exact) mass is 332 g/mol. The van der Waals surface area contributed by atoms with Gasteiger partial charge in [-0.15, -0.1) is 11.3 Å². The van der Waals surface area contributed by atoms with Crippen molar-refractivity contribution in [2.45, 2.75) is 6.54 Å². The lowest BCUT2D eigenvalue weighted by Gasteiger charge is -2.18. The summed E-state index contributed by atoms with van der Waals surface area (Å²) in [6, 6.07) is 2.07. The predicted octanol–water partition coefficient (Wildman–Crippen LogP) is 3.17. The van der Waals surface area contributed by atoms with Gasteiger partial charge in [0, 0.05) is 21.8 Å². The van der Waals surface area contributed by atoms with Gasteiger partial charge in [-0.05, 0) is 22.0 Å². The van der Waals surface area contributed by atoms with Crippen molar-refractivity contribution in [2.24, 2.45) is 0 Å². The number of hydrogen-bond donors (Lipinski definition) is 1. The lowest BCUT2D eigenvalue weighted by molar-refractivity contribution is 0.907. The second-order valence-electron chi connectivity index (χ2n) is 3.49. The highest BCUT2D eigenvalue weighted by Gasteiger charge is 2.10. The Kier molecular flexibility index (Phi) is 3.86. The number of aromatic nitrogens is 2. The molecule has 0 atom stereocenters. The van der Waals surface area contributed by atoms with E-state index in [1.807, 2.05) is 17.3 Å². The topological polar surface area (TPSA) is 55.0 Å². The predicted molar refractivity (Wildman–Crippen MR) is 75.6 cm³/mol. The number of rotatable bonds is 3. The van der Waals surface area contributed by atoms with Gasteiger partial charge >= 0.3 is 0 Å². The van der Waals surface area contributed by atoms with E-state index >= 15 is 0 Å². The third kappa shape index (κ3) is 3.08. The van der Waals surface area contributed by atoms with Crippen molar-refractivity contribution in [1.29, 1.82) is 0 Å². The van der Waals surface area contributed by atoms with Gasteiger partial charge in [0.2, 0.25) is 5.95 Å². The van der Waals surface area contributed by atoms with Crippen LogP contribution in [0.25, 0.3) is 0 Å². The molecule has 0 spiro atoms. The Morgan fingerprint density at radius 1 is 1.59 bits per heavy atom. The summed E-state index contributed by atoms with van der Waals surface area (Å²) in [6.45, 7) is 0.729. The van der Waals surface area contributed by atoms with Crippen LogP contribution in [0.4, 0.5) is 11.8 Å². The molecule has 0 aliphatic carbocycles. The van der Waals surface area contributed by atoms with E-state index in [0.717, 1.165) is 11.0 Å².